The number of nitrogens with one attached hydrogen (secondary N) is 2. The fourth-order valence-corrected chi connectivity index (χ4v) is 2.83. The minimum Gasteiger partial charge on any atom is -0.327 e. The lowest BCUT2D eigenvalue weighted by Gasteiger charge is -2.10. The Morgan fingerprint density at radius 3 is 2.65 bits per heavy atom. The molecule has 0 spiro atoms. The number of carbonyl (C=O) groups is 1. The van der Waals surface area contributed by atoms with E-state index >= 15 is 0 Å². The van der Waals surface area contributed by atoms with Gasteiger partial charge in [-0.3, -0.25) is 4.79 Å². The molecule has 0 unspecified atom stereocenters. The van der Waals surface area contributed by atoms with Gasteiger partial charge in [0.2, 0.25) is 15.9 Å². The maximum Gasteiger partial charge on any atom is 0.241 e. The van der Waals surface area contributed by atoms with Gasteiger partial charge in [0.25, 0.3) is 0 Å². The maximum atomic E-state index is 12.2. The second kappa shape index (κ2) is 7.18. The molecule has 7 heteroatoms. The molecule has 0 fully saturated rings. The highest BCUT2D eigenvalue weighted by atomic mass is 32.2. The van der Waals surface area contributed by atoms with Gasteiger partial charge >= 0.3 is 0 Å². The second-order valence-corrected chi connectivity index (χ2v) is 5.96. The molecule has 0 saturated carbocycles. The van der Waals surface area contributed by atoms with Gasteiger partial charge in [-0.1, -0.05) is 18.2 Å². The number of rotatable bonds is 6. The Morgan fingerprint density at radius 1 is 1.35 bits per heavy atom. The maximum absolute atomic E-state index is 12.2. The summed E-state index contributed by atoms with van der Waals surface area (Å²) in [5, 5.41) is 2.56. The number of aryl methyl sites for hydroxylation is 1. The molecule has 0 heterocycles. The van der Waals surface area contributed by atoms with Crippen molar-refractivity contribution in [2.45, 2.75) is 18.7 Å². The van der Waals surface area contributed by atoms with Crippen molar-refractivity contribution < 1.29 is 13.2 Å². The molecule has 1 aromatic carbocycles. The summed E-state index contributed by atoms with van der Waals surface area (Å²) in [7, 11) is -3.62. The number of nitrogens with two attached hydrogens (primary N) is 1. The third kappa shape index (κ3) is 4.76. The molecular formula is C13H19N3O3S. The van der Waals surface area contributed by atoms with Crippen LogP contribution in [0.5, 0.6) is 0 Å². The van der Waals surface area contributed by atoms with Crippen LogP contribution in [0.25, 0.3) is 0 Å². The molecule has 1 rings (SSSR count). The summed E-state index contributed by atoms with van der Waals surface area (Å²) in [6.45, 7) is 3.59. The minimum absolute atomic E-state index is 0.143. The van der Waals surface area contributed by atoms with E-state index in [1.165, 1.54) is 13.0 Å². The summed E-state index contributed by atoms with van der Waals surface area (Å²) < 4.78 is 26.8. The van der Waals surface area contributed by atoms with Gasteiger partial charge in [0, 0.05) is 25.7 Å². The first-order valence-corrected chi connectivity index (χ1v) is 7.58. The van der Waals surface area contributed by atoms with Crippen molar-refractivity contribution in [1.82, 2.24) is 4.72 Å². The van der Waals surface area contributed by atoms with Crippen LogP contribution in [0.1, 0.15) is 12.5 Å². The summed E-state index contributed by atoms with van der Waals surface area (Å²) in [5.41, 5.74) is 6.33. The zero-order valence-corrected chi connectivity index (χ0v) is 12.3. The van der Waals surface area contributed by atoms with Gasteiger partial charge in [0.1, 0.15) is 0 Å². The molecule has 0 bridgehead atoms. The smallest absolute Gasteiger partial charge is 0.241 e. The Kier molecular flexibility index (Phi) is 5.87. The average molecular weight is 297 g/mol. The quantitative estimate of drug-likeness (QED) is 0.674. The standard InChI is InChI=1S/C13H19N3O3S/c1-10-5-6-12(16-11(2)17)9-13(10)20(18,19)15-8-4-3-7-14/h3-6,9,15H,7-8,14H2,1-2H3,(H,16,17)/b4-3+. The van der Waals surface area contributed by atoms with Gasteiger partial charge in [-0.05, 0) is 24.6 Å². The van der Waals surface area contributed by atoms with Gasteiger partial charge in [-0.25, -0.2) is 13.1 Å². The van der Waals surface area contributed by atoms with Crippen LogP contribution < -0.4 is 15.8 Å². The third-order valence-corrected chi connectivity index (χ3v) is 4.06. The summed E-state index contributed by atoms with van der Waals surface area (Å²) in [6.07, 6.45) is 3.31. The molecule has 0 aliphatic rings. The van der Waals surface area contributed by atoms with E-state index in [9.17, 15) is 13.2 Å². The molecule has 110 valence electrons. The van der Waals surface area contributed by atoms with Crippen LogP contribution in [0, 0.1) is 6.92 Å². The van der Waals surface area contributed by atoms with Crippen molar-refractivity contribution in [3.05, 3.63) is 35.9 Å². The van der Waals surface area contributed by atoms with Gasteiger partial charge in [-0.15, -0.1) is 0 Å². The normalized spacial score (nSPS) is 11.8. The van der Waals surface area contributed by atoms with E-state index in [2.05, 4.69) is 10.0 Å². The summed E-state index contributed by atoms with van der Waals surface area (Å²) in [5.74, 6) is -0.254. The lowest BCUT2D eigenvalue weighted by Crippen LogP contribution is -2.24. The monoisotopic (exact) mass is 297 g/mol. The Hall–Kier alpha value is -1.70. The van der Waals surface area contributed by atoms with Crippen molar-refractivity contribution in [2.24, 2.45) is 5.73 Å². The molecule has 0 saturated heterocycles. The third-order valence-electron chi connectivity index (χ3n) is 2.49. The number of carbonyl (C=O) groups excluding carboxylic acids is 1. The number of amides is 1. The fraction of sp³-hybridized carbons (Fsp3) is 0.308. The van der Waals surface area contributed by atoms with E-state index in [0.717, 1.165) is 0 Å². The van der Waals surface area contributed by atoms with Crippen molar-refractivity contribution >= 4 is 21.6 Å². The Morgan fingerprint density at radius 2 is 2.05 bits per heavy atom. The lowest BCUT2D eigenvalue weighted by atomic mass is 10.2. The Bertz CT molecular complexity index is 609. The number of anilines is 1. The summed E-state index contributed by atoms with van der Waals surface area (Å²) >= 11 is 0. The lowest BCUT2D eigenvalue weighted by molar-refractivity contribution is -0.114. The highest BCUT2D eigenvalue weighted by Gasteiger charge is 2.16. The molecule has 4 N–H and O–H groups in total. The van der Waals surface area contributed by atoms with E-state index in [0.29, 0.717) is 17.8 Å². The number of hydrogen-bond donors (Lipinski definition) is 3. The molecular weight excluding hydrogens is 278 g/mol. The van der Waals surface area contributed by atoms with Crippen LogP contribution in [-0.4, -0.2) is 27.4 Å². The molecule has 0 aliphatic carbocycles. The van der Waals surface area contributed by atoms with Crippen molar-refractivity contribution in [1.29, 1.82) is 0 Å². The number of benzene rings is 1. The Balaban J connectivity index is 2.98. The molecule has 1 amide bonds. The molecule has 20 heavy (non-hydrogen) atoms. The van der Waals surface area contributed by atoms with Gasteiger partial charge < -0.3 is 11.1 Å². The largest absolute Gasteiger partial charge is 0.327 e. The average Bonchev–Trinajstić information content (AvgIpc) is 2.36. The molecule has 0 radical (unpaired) electrons. The first-order chi connectivity index (χ1) is 9.36. The molecule has 6 nitrogen and oxygen atoms in total. The minimum atomic E-state index is -3.62. The van der Waals surface area contributed by atoms with Crippen LogP contribution in [0.2, 0.25) is 0 Å². The van der Waals surface area contributed by atoms with Gasteiger partial charge in [0.05, 0.1) is 4.90 Å². The van der Waals surface area contributed by atoms with Crippen LogP contribution in [0.15, 0.2) is 35.2 Å². The highest BCUT2D eigenvalue weighted by molar-refractivity contribution is 7.89. The predicted molar refractivity (Wildman–Crippen MR) is 78.9 cm³/mol. The highest BCUT2D eigenvalue weighted by Crippen LogP contribution is 2.20. The second-order valence-electron chi connectivity index (χ2n) is 4.22. The molecule has 0 aliphatic heterocycles. The first kappa shape index (κ1) is 16.4. The topological polar surface area (TPSA) is 101 Å². The molecule has 0 atom stereocenters. The number of hydrogen-bond acceptors (Lipinski definition) is 4. The molecule has 1 aromatic rings. The van der Waals surface area contributed by atoms with Gasteiger partial charge in [0.15, 0.2) is 0 Å². The van der Waals surface area contributed by atoms with Crippen LogP contribution >= 0.6 is 0 Å². The van der Waals surface area contributed by atoms with E-state index in [1.807, 2.05) is 0 Å². The van der Waals surface area contributed by atoms with E-state index in [1.54, 1.807) is 31.2 Å². The number of sulfonamides is 1. The van der Waals surface area contributed by atoms with Crippen LogP contribution in [0.4, 0.5) is 5.69 Å². The van der Waals surface area contributed by atoms with E-state index in [4.69, 9.17) is 5.73 Å². The zero-order valence-electron chi connectivity index (χ0n) is 11.5. The van der Waals surface area contributed by atoms with Crippen molar-refractivity contribution in [3.8, 4) is 0 Å². The van der Waals surface area contributed by atoms with Crippen molar-refractivity contribution in [3.63, 3.8) is 0 Å². The van der Waals surface area contributed by atoms with E-state index in [-0.39, 0.29) is 17.3 Å². The fourth-order valence-electron chi connectivity index (χ4n) is 1.59. The summed E-state index contributed by atoms with van der Waals surface area (Å²) in [6, 6.07) is 4.74. The summed E-state index contributed by atoms with van der Waals surface area (Å²) in [4.78, 5) is 11.1. The van der Waals surface area contributed by atoms with Crippen LogP contribution in [0.3, 0.4) is 0 Å². The predicted octanol–water partition coefficient (Wildman–Crippen LogP) is 0.747. The molecule has 0 aromatic heterocycles. The zero-order chi connectivity index (χ0) is 15.2. The SMILES string of the molecule is CC(=O)Nc1ccc(C)c(S(=O)(=O)NC/C=C/CN)c1. The van der Waals surface area contributed by atoms with Gasteiger partial charge in [-0.2, -0.15) is 0 Å². The Labute approximate surface area is 119 Å². The van der Waals surface area contributed by atoms with Crippen LogP contribution in [-0.2, 0) is 14.8 Å². The van der Waals surface area contributed by atoms with E-state index < -0.39 is 10.0 Å². The first-order valence-electron chi connectivity index (χ1n) is 6.10. The van der Waals surface area contributed by atoms with Crippen molar-refractivity contribution in [2.75, 3.05) is 18.4 Å².